The van der Waals surface area contributed by atoms with E-state index >= 15 is 0 Å². The van der Waals surface area contributed by atoms with Crippen molar-refractivity contribution >= 4 is 0 Å². The summed E-state index contributed by atoms with van der Waals surface area (Å²) in [5, 5.41) is 0. The Morgan fingerprint density at radius 1 is 0.926 bits per heavy atom. The van der Waals surface area contributed by atoms with Gasteiger partial charge in [-0.15, -0.1) is 0 Å². The molecule has 1 aromatic heterocycles. The maximum absolute atomic E-state index is 4.33. The van der Waals surface area contributed by atoms with E-state index < -0.39 is 0 Å². The van der Waals surface area contributed by atoms with Crippen molar-refractivity contribution < 1.29 is 0 Å². The number of hydrogen-bond donors (Lipinski definition) is 0. The first-order valence-corrected chi connectivity index (χ1v) is 10.9. The van der Waals surface area contributed by atoms with Gasteiger partial charge in [-0.1, -0.05) is 82.6 Å². The van der Waals surface area contributed by atoms with Crippen LogP contribution in [0.25, 0.3) is 11.4 Å². The molecule has 0 amide bonds. The summed E-state index contributed by atoms with van der Waals surface area (Å²) in [7, 11) is 0. The Labute approximate surface area is 165 Å². The van der Waals surface area contributed by atoms with Gasteiger partial charge in [-0.05, 0) is 37.1 Å². The highest BCUT2D eigenvalue weighted by Gasteiger charge is 2.12. The van der Waals surface area contributed by atoms with Gasteiger partial charge in [0.15, 0.2) is 5.82 Å². The van der Waals surface area contributed by atoms with Crippen molar-refractivity contribution in [1.29, 1.82) is 0 Å². The van der Waals surface area contributed by atoms with Crippen molar-refractivity contribution in [3.05, 3.63) is 48.3 Å². The molecule has 3 heteroatoms. The molecule has 0 spiro atoms. The zero-order valence-corrected chi connectivity index (χ0v) is 16.9. The number of unbranched alkanes of at least 4 members (excludes halogenated alkanes) is 2. The molecule has 2 aromatic rings. The summed E-state index contributed by atoms with van der Waals surface area (Å²) in [6.07, 6.45) is 16.6. The highest BCUT2D eigenvalue weighted by molar-refractivity contribution is 5.54. The maximum atomic E-state index is 4.33. The van der Waals surface area contributed by atoms with E-state index in [2.05, 4.69) is 46.1 Å². The van der Waals surface area contributed by atoms with E-state index in [1.807, 2.05) is 6.07 Å². The van der Waals surface area contributed by atoms with Crippen molar-refractivity contribution in [1.82, 2.24) is 14.9 Å². The van der Waals surface area contributed by atoms with Crippen LogP contribution >= 0.6 is 0 Å². The minimum Gasteiger partial charge on any atom is -0.299 e. The predicted octanol–water partition coefficient (Wildman–Crippen LogP) is 6.11. The number of aromatic nitrogens is 2. The molecule has 146 valence electrons. The van der Waals surface area contributed by atoms with Gasteiger partial charge in [0.05, 0.1) is 0 Å². The van der Waals surface area contributed by atoms with Gasteiger partial charge in [0.1, 0.15) is 0 Å². The van der Waals surface area contributed by atoms with Gasteiger partial charge in [-0.2, -0.15) is 0 Å². The van der Waals surface area contributed by atoms with Crippen LogP contribution < -0.4 is 0 Å². The Hall–Kier alpha value is -1.74. The molecule has 0 saturated heterocycles. The van der Waals surface area contributed by atoms with Gasteiger partial charge in [0.2, 0.25) is 0 Å². The lowest BCUT2D eigenvalue weighted by molar-refractivity contribution is 0.268. The molecule has 1 aliphatic rings. The fourth-order valence-electron chi connectivity index (χ4n) is 4.24. The second-order valence-electron chi connectivity index (χ2n) is 7.99. The Kier molecular flexibility index (Phi) is 8.29. The minimum absolute atomic E-state index is 0.800. The van der Waals surface area contributed by atoms with E-state index in [1.54, 1.807) is 12.4 Å². The number of nitrogens with zero attached hydrogens (tertiary/aromatic N) is 3. The lowest BCUT2D eigenvalue weighted by Crippen LogP contribution is -2.24. The number of rotatable bonds is 10. The Morgan fingerprint density at radius 2 is 1.67 bits per heavy atom. The van der Waals surface area contributed by atoms with E-state index in [1.165, 1.54) is 69.9 Å². The van der Waals surface area contributed by atoms with Crippen LogP contribution in [0, 0.1) is 5.92 Å². The quantitative estimate of drug-likeness (QED) is 0.476. The molecule has 0 unspecified atom stereocenters. The van der Waals surface area contributed by atoms with Crippen molar-refractivity contribution in [2.24, 2.45) is 5.92 Å². The summed E-state index contributed by atoms with van der Waals surface area (Å²) in [4.78, 5) is 11.2. The molecule has 1 aromatic carbocycles. The van der Waals surface area contributed by atoms with Crippen LogP contribution in [0.3, 0.4) is 0 Å². The van der Waals surface area contributed by atoms with Gasteiger partial charge in [-0.25, -0.2) is 9.97 Å². The van der Waals surface area contributed by atoms with Crippen molar-refractivity contribution in [3.8, 4) is 11.4 Å². The summed E-state index contributed by atoms with van der Waals surface area (Å²) in [6.45, 7) is 5.64. The zero-order valence-electron chi connectivity index (χ0n) is 16.9. The van der Waals surface area contributed by atoms with Crippen LogP contribution in [-0.2, 0) is 6.54 Å². The summed E-state index contributed by atoms with van der Waals surface area (Å²) >= 11 is 0. The first kappa shape index (κ1) is 20.0. The molecule has 0 aliphatic heterocycles. The molecule has 3 nitrogen and oxygen atoms in total. The zero-order chi connectivity index (χ0) is 18.7. The first-order chi connectivity index (χ1) is 13.3. The SMILES string of the molecule is CCN(CCCCCC1CCCCC1)Cc1ccc(-c2ncccn2)cc1. The van der Waals surface area contributed by atoms with Crippen LogP contribution in [0.1, 0.15) is 70.3 Å². The summed E-state index contributed by atoms with van der Waals surface area (Å²) in [6, 6.07) is 10.6. The summed E-state index contributed by atoms with van der Waals surface area (Å²) < 4.78 is 0. The van der Waals surface area contributed by atoms with Gasteiger partial charge < -0.3 is 0 Å². The number of hydrogen-bond acceptors (Lipinski definition) is 3. The van der Waals surface area contributed by atoms with Crippen LogP contribution in [0.4, 0.5) is 0 Å². The average Bonchev–Trinajstić information content (AvgIpc) is 2.74. The Bertz CT molecular complexity index is 632. The third kappa shape index (κ3) is 6.73. The highest BCUT2D eigenvalue weighted by Crippen LogP contribution is 2.28. The van der Waals surface area contributed by atoms with E-state index in [9.17, 15) is 0 Å². The fraction of sp³-hybridized carbons (Fsp3) is 0.583. The summed E-state index contributed by atoms with van der Waals surface area (Å²) in [5.74, 6) is 1.84. The smallest absolute Gasteiger partial charge is 0.159 e. The maximum Gasteiger partial charge on any atom is 0.159 e. The molecule has 1 heterocycles. The standard InChI is InChI=1S/C24H35N3/c1-2-27(19-8-4-7-12-21-10-5-3-6-11-21)20-22-13-15-23(16-14-22)24-25-17-9-18-26-24/h9,13-18,21H,2-8,10-12,19-20H2,1H3. The third-order valence-electron chi connectivity index (χ3n) is 5.94. The lowest BCUT2D eigenvalue weighted by Gasteiger charge is -2.22. The van der Waals surface area contributed by atoms with Gasteiger partial charge in [0.25, 0.3) is 0 Å². The molecule has 1 saturated carbocycles. The lowest BCUT2D eigenvalue weighted by atomic mass is 9.85. The van der Waals surface area contributed by atoms with Crippen LogP contribution in [0.2, 0.25) is 0 Å². The fourth-order valence-corrected chi connectivity index (χ4v) is 4.24. The third-order valence-corrected chi connectivity index (χ3v) is 5.94. The van der Waals surface area contributed by atoms with Gasteiger partial charge in [0, 0.05) is 24.5 Å². The summed E-state index contributed by atoms with van der Waals surface area (Å²) in [5.41, 5.74) is 2.46. The van der Waals surface area contributed by atoms with Crippen LogP contribution in [0.5, 0.6) is 0 Å². The molecule has 1 aliphatic carbocycles. The molecule has 0 radical (unpaired) electrons. The van der Waals surface area contributed by atoms with E-state index in [0.717, 1.165) is 30.4 Å². The van der Waals surface area contributed by atoms with Gasteiger partial charge in [-0.3, -0.25) is 4.90 Å². The van der Waals surface area contributed by atoms with E-state index in [4.69, 9.17) is 0 Å². The Balaban J connectivity index is 1.38. The van der Waals surface area contributed by atoms with Gasteiger partial charge >= 0.3 is 0 Å². The molecule has 1 fully saturated rings. The molecule has 0 bridgehead atoms. The minimum atomic E-state index is 0.800. The Morgan fingerprint density at radius 3 is 2.37 bits per heavy atom. The molecular weight excluding hydrogens is 330 g/mol. The number of benzene rings is 1. The van der Waals surface area contributed by atoms with Crippen LogP contribution in [-0.4, -0.2) is 28.0 Å². The highest BCUT2D eigenvalue weighted by atomic mass is 15.1. The first-order valence-electron chi connectivity index (χ1n) is 10.9. The van der Waals surface area contributed by atoms with E-state index in [-0.39, 0.29) is 0 Å². The monoisotopic (exact) mass is 365 g/mol. The van der Waals surface area contributed by atoms with Crippen LogP contribution in [0.15, 0.2) is 42.7 Å². The second-order valence-corrected chi connectivity index (χ2v) is 7.99. The molecule has 27 heavy (non-hydrogen) atoms. The molecular formula is C24H35N3. The molecule has 0 N–H and O–H groups in total. The topological polar surface area (TPSA) is 29.0 Å². The van der Waals surface area contributed by atoms with Crippen molar-refractivity contribution in [2.45, 2.75) is 71.3 Å². The predicted molar refractivity (Wildman–Crippen MR) is 113 cm³/mol. The average molecular weight is 366 g/mol. The van der Waals surface area contributed by atoms with Crippen molar-refractivity contribution in [3.63, 3.8) is 0 Å². The normalized spacial score (nSPS) is 15.3. The second kappa shape index (κ2) is 11.2. The molecule has 0 atom stereocenters. The molecule has 3 rings (SSSR count). The van der Waals surface area contributed by atoms with E-state index in [0.29, 0.717) is 0 Å². The largest absolute Gasteiger partial charge is 0.299 e. The van der Waals surface area contributed by atoms with Crippen molar-refractivity contribution in [2.75, 3.05) is 13.1 Å².